The van der Waals surface area contributed by atoms with Crippen molar-refractivity contribution >= 4 is 11.9 Å². The molecule has 1 saturated heterocycles. The van der Waals surface area contributed by atoms with E-state index in [1.54, 1.807) is 64.5 Å². The second-order valence-electron chi connectivity index (χ2n) is 9.24. The summed E-state index contributed by atoms with van der Waals surface area (Å²) in [5.41, 5.74) is 2.09. The number of amides is 1. The average Bonchev–Trinajstić information content (AvgIpc) is 3.73. The molecule has 194 valence electrons. The van der Waals surface area contributed by atoms with E-state index in [0.717, 1.165) is 18.4 Å². The van der Waals surface area contributed by atoms with Gasteiger partial charge < -0.3 is 9.64 Å². The van der Waals surface area contributed by atoms with Gasteiger partial charge in [-0.05, 0) is 72.9 Å². The number of carbonyl (C=O) groups is 2. The summed E-state index contributed by atoms with van der Waals surface area (Å²) in [6.45, 7) is 1.34. The van der Waals surface area contributed by atoms with Crippen LogP contribution >= 0.6 is 0 Å². The predicted molar refractivity (Wildman–Crippen MR) is 142 cm³/mol. The lowest BCUT2D eigenvalue weighted by Crippen LogP contribution is -2.38. The maximum atomic E-state index is 13.0. The molecule has 1 aliphatic rings. The molecule has 1 aromatic carbocycles. The predicted octanol–water partition coefficient (Wildman–Crippen LogP) is 4.09. The fourth-order valence-electron chi connectivity index (χ4n) is 4.67. The number of hydrogen-bond acceptors (Lipinski definition) is 7. The first-order valence-corrected chi connectivity index (χ1v) is 12.7. The summed E-state index contributed by atoms with van der Waals surface area (Å²) >= 11 is 0. The van der Waals surface area contributed by atoms with Crippen LogP contribution in [0.25, 0.3) is 11.6 Å². The zero-order chi connectivity index (χ0) is 26.6. The molecule has 1 amide bonds. The lowest BCUT2D eigenvalue weighted by atomic mass is 9.89. The topological polar surface area (TPSA) is 108 Å². The lowest BCUT2D eigenvalue weighted by Gasteiger charge is -2.32. The number of piperidine rings is 1. The van der Waals surface area contributed by atoms with Gasteiger partial charge in [-0.25, -0.2) is 24.1 Å². The molecule has 6 rings (SSSR count). The van der Waals surface area contributed by atoms with Crippen LogP contribution in [0.1, 0.15) is 45.0 Å². The molecule has 1 fully saturated rings. The van der Waals surface area contributed by atoms with Crippen LogP contribution in [0.4, 0.5) is 0 Å². The molecule has 0 aliphatic carbocycles. The van der Waals surface area contributed by atoms with E-state index in [0.29, 0.717) is 47.5 Å². The third-order valence-electron chi connectivity index (χ3n) is 6.80. The van der Waals surface area contributed by atoms with Gasteiger partial charge in [0.15, 0.2) is 11.6 Å². The number of hydrogen-bond donors (Lipinski definition) is 0. The highest BCUT2D eigenvalue weighted by molar-refractivity contribution is 5.94. The van der Waals surface area contributed by atoms with Gasteiger partial charge in [-0.15, -0.1) is 0 Å². The molecule has 0 bridgehead atoms. The van der Waals surface area contributed by atoms with E-state index in [1.165, 1.54) is 6.20 Å². The lowest BCUT2D eigenvalue weighted by molar-refractivity contribution is 0.0710. The number of esters is 1. The summed E-state index contributed by atoms with van der Waals surface area (Å²) in [5, 5.41) is 8.29. The SMILES string of the molecule is O=C(Oc1ccc(C2CCN(C(=O)c3ccc(-n4cccn4)nc3)CC2)cc1)c1ccc(-n2cccn2)nc1. The molecule has 1 aliphatic heterocycles. The Labute approximate surface area is 224 Å². The first kappa shape index (κ1) is 24.2. The van der Waals surface area contributed by atoms with Crippen LogP contribution in [0.5, 0.6) is 5.75 Å². The summed E-state index contributed by atoms with van der Waals surface area (Å²) in [7, 11) is 0. The molecule has 0 saturated carbocycles. The molecule has 0 atom stereocenters. The van der Waals surface area contributed by atoms with Crippen molar-refractivity contribution in [2.45, 2.75) is 18.8 Å². The van der Waals surface area contributed by atoms with Gasteiger partial charge in [-0.1, -0.05) is 12.1 Å². The molecular weight excluding hydrogens is 494 g/mol. The highest BCUT2D eigenvalue weighted by Gasteiger charge is 2.25. The summed E-state index contributed by atoms with van der Waals surface area (Å²) < 4.78 is 8.81. The zero-order valence-corrected chi connectivity index (χ0v) is 21.0. The molecule has 0 unspecified atom stereocenters. The number of nitrogens with zero attached hydrogens (tertiary/aromatic N) is 7. The van der Waals surface area contributed by atoms with Gasteiger partial charge >= 0.3 is 5.97 Å². The number of benzene rings is 1. The molecule has 0 spiro atoms. The molecular formula is C29H25N7O3. The van der Waals surface area contributed by atoms with Crippen LogP contribution in [0.2, 0.25) is 0 Å². The second kappa shape index (κ2) is 10.7. The summed E-state index contributed by atoms with van der Waals surface area (Å²) in [6, 6.07) is 18.2. The van der Waals surface area contributed by atoms with Gasteiger partial charge in [-0.3, -0.25) is 4.79 Å². The molecule has 5 aromatic rings. The Kier molecular flexibility index (Phi) is 6.65. The summed E-state index contributed by atoms with van der Waals surface area (Å²) in [4.78, 5) is 36.1. The van der Waals surface area contributed by atoms with Gasteiger partial charge in [-0.2, -0.15) is 10.2 Å². The first-order valence-electron chi connectivity index (χ1n) is 12.7. The van der Waals surface area contributed by atoms with Gasteiger partial charge in [0.1, 0.15) is 5.75 Å². The van der Waals surface area contributed by atoms with Gasteiger partial charge in [0.2, 0.25) is 0 Å². The number of rotatable bonds is 6. The quantitative estimate of drug-likeness (QED) is 0.246. The van der Waals surface area contributed by atoms with E-state index in [-0.39, 0.29) is 5.91 Å². The van der Waals surface area contributed by atoms with E-state index < -0.39 is 5.97 Å². The van der Waals surface area contributed by atoms with Gasteiger partial charge in [0, 0.05) is 50.3 Å². The Hall–Kier alpha value is -5.12. The van der Waals surface area contributed by atoms with E-state index in [2.05, 4.69) is 20.2 Å². The minimum atomic E-state index is -0.471. The highest BCUT2D eigenvalue weighted by Crippen LogP contribution is 2.30. The molecule has 0 radical (unpaired) electrons. The van der Waals surface area contributed by atoms with Gasteiger partial charge in [0.25, 0.3) is 5.91 Å². The molecule has 4 aromatic heterocycles. The van der Waals surface area contributed by atoms with Crippen molar-refractivity contribution in [1.82, 2.24) is 34.4 Å². The van der Waals surface area contributed by atoms with Crippen molar-refractivity contribution < 1.29 is 14.3 Å². The maximum absolute atomic E-state index is 13.0. The van der Waals surface area contributed by atoms with Crippen LogP contribution in [-0.2, 0) is 0 Å². The van der Waals surface area contributed by atoms with Crippen LogP contribution in [0, 0.1) is 0 Å². The Balaban J connectivity index is 1.02. The highest BCUT2D eigenvalue weighted by atomic mass is 16.5. The monoisotopic (exact) mass is 519 g/mol. The van der Waals surface area contributed by atoms with Crippen molar-refractivity contribution in [2.75, 3.05) is 13.1 Å². The average molecular weight is 520 g/mol. The Morgan fingerprint density at radius 3 is 1.85 bits per heavy atom. The van der Waals surface area contributed by atoms with Crippen LogP contribution in [0.3, 0.4) is 0 Å². The second-order valence-corrected chi connectivity index (χ2v) is 9.24. The van der Waals surface area contributed by atoms with Crippen LogP contribution in [-0.4, -0.2) is 59.4 Å². The number of likely N-dealkylation sites (tertiary alicyclic amines) is 1. The Morgan fingerprint density at radius 1 is 0.744 bits per heavy atom. The van der Waals surface area contributed by atoms with E-state index in [4.69, 9.17) is 4.74 Å². The maximum Gasteiger partial charge on any atom is 0.345 e. The largest absolute Gasteiger partial charge is 0.423 e. The van der Waals surface area contributed by atoms with Crippen LogP contribution < -0.4 is 4.74 Å². The van der Waals surface area contributed by atoms with E-state index in [1.807, 2.05) is 41.4 Å². The number of aromatic nitrogens is 6. The van der Waals surface area contributed by atoms with Crippen molar-refractivity contribution in [1.29, 1.82) is 0 Å². The van der Waals surface area contributed by atoms with Crippen molar-refractivity contribution in [3.63, 3.8) is 0 Å². The number of pyridine rings is 2. The van der Waals surface area contributed by atoms with E-state index >= 15 is 0 Å². The zero-order valence-electron chi connectivity index (χ0n) is 21.0. The Bertz CT molecular complexity index is 1540. The minimum Gasteiger partial charge on any atom is -0.423 e. The standard InChI is InChI=1S/C29H25N7O3/c37-28(23-5-9-26(30-19-23)35-15-1-13-32-35)34-17-11-22(12-18-34)21-3-7-25(8-4-21)39-29(38)24-6-10-27(31-20-24)36-16-2-14-33-36/h1-10,13-16,19-20,22H,11-12,17-18H2. The third-order valence-corrected chi connectivity index (χ3v) is 6.80. The molecule has 39 heavy (non-hydrogen) atoms. The third kappa shape index (κ3) is 5.30. The molecule has 0 N–H and O–H groups in total. The van der Waals surface area contributed by atoms with Crippen LogP contribution in [0.15, 0.2) is 97.8 Å². The smallest absolute Gasteiger partial charge is 0.345 e. The molecule has 10 heteroatoms. The number of carbonyl (C=O) groups excluding carboxylic acids is 2. The summed E-state index contributed by atoms with van der Waals surface area (Å²) in [5.74, 6) is 1.61. The Morgan fingerprint density at radius 2 is 1.33 bits per heavy atom. The van der Waals surface area contributed by atoms with Crippen molar-refractivity contribution in [3.05, 3.63) is 115 Å². The van der Waals surface area contributed by atoms with Crippen molar-refractivity contribution in [3.8, 4) is 17.4 Å². The normalized spacial score (nSPS) is 13.8. The van der Waals surface area contributed by atoms with Gasteiger partial charge in [0.05, 0.1) is 11.1 Å². The fraction of sp³-hybridized carbons (Fsp3) is 0.172. The fourth-order valence-corrected chi connectivity index (χ4v) is 4.67. The molecule has 5 heterocycles. The number of ether oxygens (including phenoxy) is 1. The molecule has 10 nitrogen and oxygen atoms in total. The summed E-state index contributed by atoms with van der Waals surface area (Å²) in [6.07, 6.45) is 11.7. The first-order chi connectivity index (χ1) is 19.1. The van der Waals surface area contributed by atoms with E-state index in [9.17, 15) is 9.59 Å². The minimum absolute atomic E-state index is 0.0117. The van der Waals surface area contributed by atoms with Crippen molar-refractivity contribution in [2.24, 2.45) is 0 Å².